The fourth-order valence-corrected chi connectivity index (χ4v) is 5.40. The molecule has 2 aliphatic heterocycles. The summed E-state index contributed by atoms with van der Waals surface area (Å²) in [7, 11) is 1.74. The van der Waals surface area contributed by atoms with Gasteiger partial charge < -0.3 is 20.0 Å². The van der Waals surface area contributed by atoms with E-state index in [4.69, 9.17) is 16.0 Å². The minimum absolute atomic E-state index is 0.0170. The molecule has 2 saturated heterocycles. The van der Waals surface area contributed by atoms with E-state index in [1.807, 2.05) is 0 Å². The highest BCUT2D eigenvalue weighted by atomic mass is 35.5. The third kappa shape index (κ3) is 4.64. The maximum absolute atomic E-state index is 13.4. The molecular formula is C22H24ClF3N8O2. The highest BCUT2D eigenvalue weighted by Gasteiger charge is 2.62. The Bertz CT molecular complexity index is 1280. The monoisotopic (exact) mass is 524 g/mol. The number of anilines is 1. The van der Waals surface area contributed by atoms with Gasteiger partial charge in [0.2, 0.25) is 11.8 Å². The summed E-state index contributed by atoms with van der Waals surface area (Å²) in [5.41, 5.74) is 0.289. The maximum Gasteiger partial charge on any atom is 0.401 e. The smallest absolute Gasteiger partial charge is 0.401 e. The Balaban J connectivity index is 1.34. The molecule has 2 aromatic heterocycles. The molecule has 1 aliphatic carbocycles. The van der Waals surface area contributed by atoms with E-state index in [9.17, 15) is 18.0 Å². The lowest BCUT2D eigenvalue weighted by Crippen LogP contribution is -2.70. The van der Waals surface area contributed by atoms with Gasteiger partial charge in [0, 0.05) is 30.8 Å². The predicted molar refractivity (Wildman–Crippen MR) is 123 cm³/mol. The zero-order chi connectivity index (χ0) is 25.7. The van der Waals surface area contributed by atoms with Crippen molar-refractivity contribution < 1.29 is 22.4 Å². The van der Waals surface area contributed by atoms with Crippen LogP contribution in [0.25, 0.3) is 11.4 Å². The molecule has 4 heterocycles. The lowest BCUT2D eigenvalue weighted by molar-refractivity contribution is -0.125. The van der Waals surface area contributed by atoms with Crippen LogP contribution in [0.1, 0.15) is 38.0 Å². The van der Waals surface area contributed by atoms with Crippen molar-refractivity contribution in [2.24, 2.45) is 13.0 Å². The molecule has 2 N–H and O–H groups in total. The van der Waals surface area contributed by atoms with E-state index in [-0.39, 0.29) is 30.4 Å². The molecule has 3 atom stereocenters. The van der Waals surface area contributed by atoms with E-state index < -0.39 is 18.3 Å². The lowest BCUT2D eigenvalue weighted by atomic mass is 9.64. The predicted octanol–water partition coefficient (Wildman–Crippen LogP) is 4.10. The summed E-state index contributed by atoms with van der Waals surface area (Å²) >= 11 is 6.33. The normalized spacial score (nSPS) is 23.4. The number of alkyl halides is 3. The number of aryl methyl sites for hydroxylation is 1. The first-order valence-corrected chi connectivity index (χ1v) is 11.8. The van der Waals surface area contributed by atoms with Gasteiger partial charge in [-0.15, -0.1) is 10.2 Å². The lowest BCUT2D eigenvalue weighted by Gasteiger charge is -2.61. The molecule has 6 rings (SSSR count). The van der Waals surface area contributed by atoms with Crippen molar-refractivity contribution in [2.75, 3.05) is 11.9 Å². The number of carbonyl (C=O) groups excluding carboxylic acids is 1. The minimum atomic E-state index is -4.34. The Hall–Kier alpha value is -3.19. The summed E-state index contributed by atoms with van der Waals surface area (Å²) in [6.07, 6.45) is -0.706. The Kier molecular flexibility index (Phi) is 6.15. The summed E-state index contributed by atoms with van der Waals surface area (Å²) in [4.78, 5) is 19.4. The third-order valence-electron chi connectivity index (χ3n) is 6.50. The third-order valence-corrected chi connectivity index (χ3v) is 6.83. The number of nitrogens with zero attached hydrogens (tertiary/aromatic N) is 6. The highest BCUT2D eigenvalue weighted by Crippen LogP contribution is 2.55. The van der Waals surface area contributed by atoms with E-state index in [2.05, 4.69) is 37.8 Å². The van der Waals surface area contributed by atoms with Crippen LogP contribution in [0.5, 0.6) is 0 Å². The Morgan fingerprint density at radius 1 is 1.31 bits per heavy atom. The molecule has 2 amide bonds. The van der Waals surface area contributed by atoms with Gasteiger partial charge in [-0.3, -0.25) is 4.68 Å². The number of hydrogen-bond acceptors (Lipinski definition) is 7. The number of amides is 2. The van der Waals surface area contributed by atoms with Crippen LogP contribution in [0.2, 0.25) is 5.02 Å². The van der Waals surface area contributed by atoms with Crippen LogP contribution >= 0.6 is 11.6 Å². The number of benzene rings is 1. The number of aromatic nitrogens is 5. The fraction of sp³-hybridized carbons (Fsp3) is 0.500. The molecule has 0 spiro atoms. The van der Waals surface area contributed by atoms with Gasteiger partial charge in [-0.2, -0.15) is 18.3 Å². The Labute approximate surface area is 209 Å². The second kappa shape index (κ2) is 9.04. The number of carbonyl (C=O) groups is 1. The largest absolute Gasteiger partial charge is 0.421 e. The van der Waals surface area contributed by atoms with Crippen molar-refractivity contribution in [3.05, 3.63) is 41.3 Å². The van der Waals surface area contributed by atoms with Crippen LogP contribution in [-0.4, -0.2) is 54.7 Å². The van der Waals surface area contributed by atoms with Gasteiger partial charge in [-0.05, 0) is 37.0 Å². The van der Waals surface area contributed by atoms with Gasteiger partial charge in [-0.1, -0.05) is 18.5 Å². The zero-order valence-corrected chi connectivity index (χ0v) is 20.3. The number of urea groups is 1. The summed E-state index contributed by atoms with van der Waals surface area (Å²) in [6, 6.07) is 4.70. The van der Waals surface area contributed by atoms with Crippen molar-refractivity contribution in [1.29, 1.82) is 0 Å². The maximum atomic E-state index is 13.4. The van der Waals surface area contributed by atoms with Crippen LogP contribution in [0.4, 0.5) is 23.7 Å². The van der Waals surface area contributed by atoms with Crippen LogP contribution in [0.15, 0.2) is 28.9 Å². The van der Waals surface area contributed by atoms with Crippen molar-refractivity contribution in [2.45, 2.75) is 50.5 Å². The standard InChI is InChI=1S/C22H24ClF3N8O2/c1-12-5-14-8-21(7-12,19-31-30-17(36-19)9-27-10-22(24,25)26)34(14)20(35)29-13-3-4-16(23)15(6-13)18-28-11-33(2)32-18/h3-4,6,11-12,14,27H,5,7-10H2,1-2H3,(H,29,35)/t12-,14+,21-/m1/s1. The second-order valence-corrected chi connectivity index (χ2v) is 9.80. The van der Waals surface area contributed by atoms with Crippen LogP contribution in [0.3, 0.4) is 0 Å². The zero-order valence-electron chi connectivity index (χ0n) is 19.5. The molecule has 3 aliphatic rings. The number of hydrogen-bond donors (Lipinski definition) is 2. The Morgan fingerprint density at radius 2 is 2.11 bits per heavy atom. The SMILES string of the molecule is C[C@@H]1C[C@H]2C[C@@](c3nnc(CNCC(F)(F)F)o3)(C1)N2C(=O)Nc1ccc(Cl)c(-c2ncn(C)n2)c1. The van der Waals surface area contributed by atoms with Crippen LogP contribution < -0.4 is 10.6 Å². The van der Waals surface area contributed by atoms with Crippen molar-refractivity contribution in [3.8, 4) is 11.4 Å². The molecule has 0 unspecified atom stereocenters. The molecule has 3 fully saturated rings. The van der Waals surface area contributed by atoms with Gasteiger partial charge in [0.25, 0.3) is 0 Å². The molecule has 1 saturated carbocycles. The first-order valence-electron chi connectivity index (χ1n) is 11.4. The number of halogens is 4. The summed E-state index contributed by atoms with van der Waals surface area (Å²) < 4.78 is 44.6. The number of nitrogens with one attached hydrogen (secondary N) is 2. The van der Waals surface area contributed by atoms with Gasteiger partial charge >= 0.3 is 12.2 Å². The quantitative estimate of drug-likeness (QED) is 0.499. The second-order valence-electron chi connectivity index (χ2n) is 9.39. The first-order chi connectivity index (χ1) is 17.0. The number of piperidine rings is 1. The summed E-state index contributed by atoms with van der Waals surface area (Å²) in [6.45, 7) is 0.702. The molecule has 192 valence electrons. The van der Waals surface area contributed by atoms with E-state index >= 15 is 0 Å². The van der Waals surface area contributed by atoms with E-state index in [1.165, 1.54) is 0 Å². The molecule has 10 nitrogen and oxygen atoms in total. The van der Waals surface area contributed by atoms with Gasteiger partial charge in [0.05, 0.1) is 18.1 Å². The first kappa shape index (κ1) is 24.5. The topological polar surface area (TPSA) is 114 Å². The van der Waals surface area contributed by atoms with Crippen LogP contribution in [0, 0.1) is 5.92 Å². The number of fused-ring (bicyclic) bond motifs is 2. The molecular weight excluding hydrogens is 501 g/mol. The molecule has 36 heavy (non-hydrogen) atoms. The molecule has 2 bridgehead atoms. The highest BCUT2D eigenvalue weighted by molar-refractivity contribution is 6.33. The van der Waals surface area contributed by atoms with Crippen molar-refractivity contribution in [1.82, 2.24) is 35.2 Å². The average molecular weight is 525 g/mol. The minimum Gasteiger partial charge on any atom is -0.421 e. The van der Waals surface area contributed by atoms with E-state index in [0.29, 0.717) is 40.9 Å². The fourth-order valence-electron chi connectivity index (χ4n) is 5.19. The van der Waals surface area contributed by atoms with Crippen LogP contribution in [-0.2, 0) is 19.1 Å². The summed E-state index contributed by atoms with van der Waals surface area (Å²) in [5, 5.41) is 17.9. The van der Waals surface area contributed by atoms with E-state index in [0.717, 1.165) is 6.42 Å². The van der Waals surface area contributed by atoms with Gasteiger partial charge in [0.1, 0.15) is 11.9 Å². The summed E-state index contributed by atoms with van der Waals surface area (Å²) in [5.74, 6) is 1.01. The van der Waals surface area contributed by atoms with Crippen molar-refractivity contribution >= 4 is 23.3 Å². The molecule has 0 radical (unpaired) electrons. The van der Waals surface area contributed by atoms with E-state index in [1.54, 1.807) is 41.2 Å². The van der Waals surface area contributed by atoms with Gasteiger partial charge in [-0.25, -0.2) is 9.78 Å². The molecule has 3 aromatic rings. The molecule has 1 aromatic carbocycles. The van der Waals surface area contributed by atoms with Crippen molar-refractivity contribution in [3.63, 3.8) is 0 Å². The average Bonchev–Trinajstić information content (AvgIpc) is 3.43. The number of rotatable bonds is 6. The Morgan fingerprint density at radius 3 is 2.83 bits per heavy atom. The molecule has 14 heteroatoms. The van der Waals surface area contributed by atoms with Gasteiger partial charge in [0.15, 0.2) is 5.82 Å².